The lowest BCUT2D eigenvalue weighted by Gasteiger charge is -2.04. The number of nitrogens with one attached hydrogen (secondary N) is 1. The molecule has 6 nitrogen and oxygen atoms in total. The van der Waals surface area contributed by atoms with Crippen LogP contribution >= 0.6 is 11.6 Å². The lowest BCUT2D eigenvalue weighted by Crippen LogP contribution is -2.24. The number of aliphatic carboxylic acids is 1. The van der Waals surface area contributed by atoms with Gasteiger partial charge in [0.2, 0.25) is 5.91 Å². The molecule has 0 bridgehead atoms. The standard InChI is InChI=1S/C14H14ClN3O3/c15-11-3-1-10(2-4-11)9-18-8-7-12(17-18)16-13(19)5-6-14(20)21/h1-4,7-8H,5-6,9H2,(H,20,21)(H,16,17,19)/p-1. The van der Waals surface area contributed by atoms with Gasteiger partial charge in [0.15, 0.2) is 5.82 Å². The van der Waals surface area contributed by atoms with Crippen molar-refractivity contribution in [2.45, 2.75) is 19.4 Å². The number of rotatable bonds is 6. The Morgan fingerprint density at radius 1 is 1.19 bits per heavy atom. The predicted octanol–water partition coefficient (Wildman–Crippen LogP) is 1.05. The van der Waals surface area contributed by atoms with E-state index in [0.29, 0.717) is 17.4 Å². The zero-order valence-electron chi connectivity index (χ0n) is 11.1. The van der Waals surface area contributed by atoms with Gasteiger partial charge in [-0.1, -0.05) is 23.7 Å². The molecule has 1 aromatic carbocycles. The van der Waals surface area contributed by atoms with E-state index in [0.717, 1.165) is 5.56 Å². The number of anilines is 1. The maximum Gasteiger partial charge on any atom is 0.225 e. The molecule has 0 saturated carbocycles. The summed E-state index contributed by atoms with van der Waals surface area (Å²) in [4.78, 5) is 21.7. The minimum absolute atomic E-state index is 0.133. The summed E-state index contributed by atoms with van der Waals surface area (Å²) in [6.45, 7) is 0.548. The number of carboxylic acids is 1. The van der Waals surface area contributed by atoms with E-state index in [4.69, 9.17) is 11.6 Å². The molecule has 1 aromatic heterocycles. The number of hydrogen-bond donors (Lipinski definition) is 1. The minimum atomic E-state index is -1.25. The van der Waals surface area contributed by atoms with Gasteiger partial charge in [-0.25, -0.2) is 0 Å². The number of amides is 1. The number of benzene rings is 1. The van der Waals surface area contributed by atoms with Crippen molar-refractivity contribution in [2.75, 3.05) is 5.32 Å². The lowest BCUT2D eigenvalue weighted by molar-refractivity contribution is -0.305. The van der Waals surface area contributed by atoms with E-state index >= 15 is 0 Å². The van der Waals surface area contributed by atoms with Crippen LogP contribution in [0.1, 0.15) is 18.4 Å². The van der Waals surface area contributed by atoms with Crippen molar-refractivity contribution in [1.82, 2.24) is 9.78 Å². The highest BCUT2D eigenvalue weighted by Gasteiger charge is 2.05. The fourth-order valence-electron chi connectivity index (χ4n) is 1.71. The second kappa shape index (κ2) is 6.90. The van der Waals surface area contributed by atoms with Gasteiger partial charge < -0.3 is 15.2 Å². The van der Waals surface area contributed by atoms with Crippen LogP contribution < -0.4 is 10.4 Å². The molecule has 2 rings (SSSR count). The van der Waals surface area contributed by atoms with E-state index in [-0.39, 0.29) is 12.8 Å². The lowest BCUT2D eigenvalue weighted by atomic mass is 10.2. The van der Waals surface area contributed by atoms with Gasteiger partial charge in [0.1, 0.15) is 0 Å². The number of carboxylic acid groups (broad SMARTS) is 1. The molecule has 0 atom stereocenters. The Bertz CT molecular complexity index is 637. The van der Waals surface area contributed by atoms with Crippen molar-refractivity contribution < 1.29 is 14.7 Å². The molecule has 0 saturated heterocycles. The molecule has 1 amide bonds. The van der Waals surface area contributed by atoms with Crippen LogP contribution in [0.15, 0.2) is 36.5 Å². The molecule has 1 N–H and O–H groups in total. The summed E-state index contributed by atoms with van der Waals surface area (Å²) in [5.41, 5.74) is 1.03. The highest BCUT2D eigenvalue weighted by Crippen LogP contribution is 2.11. The van der Waals surface area contributed by atoms with E-state index in [1.165, 1.54) is 0 Å². The van der Waals surface area contributed by atoms with E-state index in [1.54, 1.807) is 29.1 Å². The first-order chi connectivity index (χ1) is 10.0. The fraction of sp³-hybridized carbons (Fsp3) is 0.214. The molecule has 0 fully saturated rings. The van der Waals surface area contributed by atoms with Crippen LogP contribution in [-0.4, -0.2) is 21.7 Å². The van der Waals surface area contributed by atoms with Crippen molar-refractivity contribution in [3.05, 3.63) is 47.1 Å². The first-order valence-corrected chi connectivity index (χ1v) is 6.68. The third-order valence-electron chi connectivity index (χ3n) is 2.72. The van der Waals surface area contributed by atoms with Crippen LogP contribution in [0.4, 0.5) is 5.82 Å². The number of carbonyl (C=O) groups is 2. The molecule has 110 valence electrons. The van der Waals surface area contributed by atoms with Crippen LogP contribution in [0.3, 0.4) is 0 Å². The number of aromatic nitrogens is 2. The number of carbonyl (C=O) groups excluding carboxylic acids is 2. The topological polar surface area (TPSA) is 87.0 Å². The van der Waals surface area contributed by atoms with Crippen LogP contribution in [0.5, 0.6) is 0 Å². The zero-order valence-corrected chi connectivity index (χ0v) is 11.8. The normalized spacial score (nSPS) is 10.3. The highest BCUT2D eigenvalue weighted by atomic mass is 35.5. The van der Waals surface area contributed by atoms with Crippen molar-refractivity contribution in [3.63, 3.8) is 0 Å². The molecular formula is C14H13ClN3O3-. The molecule has 2 aromatic rings. The van der Waals surface area contributed by atoms with Gasteiger partial charge in [0, 0.05) is 29.7 Å². The number of hydrogen-bond acceptors (Lipinski definition) is 4. The van der Waals surface area contributed by atoms with Gasteiger partial charge in [-0.15, -0.1) is 0 Å². The Balaban J connectivity index is 1.90. The predicted molar refractivity (Wildman–Crippen MR) is 75.7 cm³/mol. The molecule has 0 radical (unpaired) electrons. The van der Waals surface area contributed by atoms with E-state index in [9.17, 15) is 14.7 Å². The van der Waals surface area contributed by atoms with Crippen molar-refractivity contribution >= 4 is 29.3 Å². The van der Waals surface area contributed by atoms with Gasteiger partial charge in [-0.05, 0) is 24.1 Å². The van der Waals surface area contributed by atoms with Crippen LogP contribution in [-0.2, 0) is 16.1 Å². The second-order valence-corrected chi connectivity index (χ2v) is 4.88. The van der Waals surface area contributed by atoms with Crippen LogP contribution in [0.2, 0.25) is 5.02 Å². The summed E-state index contributed by atoms with van der Waals surface area (Å²) in [6, 6.07) is 9.02. The van der Waals surface area contributed by atoms with Gasteiger partial charge in [-0.2, -0.15) is 5.10 Å². The Labute approximate surface area is 126 Å². The molecule has 0 aliphatic carbocycles. The smallest absolute Gasteiger partial charge is 0.225 e. The Hall–Kier alpha value is -2.34. The zero-order chi connectivity index (χ0) is 15.2. The Morgan fingerprint density at radius 2 is 1.90 bits per heavy atom. The third kappa shape index (κ3) is 4.92. The molecular weight excluding hydrogens is 294 g/mol. The molecule has 21 heavy (non-hydrogen) atoms. The van der Waals surface area contributed by atoms with Crippen molar-refractivity contribution in [2.24, 2.45) is 0 Å². The van der Waals surface area contributed by atoms with Crippen LogP contribution in [0.25, 0.3) is 0 Å². The highest BCUT2D eigenvalue weighted by molar-refractivity contribution is 6.30. The fourth-order valence-corrected chi connectivity index (χ4v) is 1.84. The van der Waals surface area contributed by atoms with Crippen molar-refractivity contribution in [3.8, 4) is 0 Å². The van der Waals surface area contributed by atoms with E-state index in [2.05, 4.69) is 10.4 Å². The van der Waals surface area contributed by atoms with Gasteiger partial charge >= 0.3 is 0 Å². The van der Waals surface area contributed by atoms with E-state index in [1.807, 2.05) is 12.1 Å². The summed E-state index contributed by atoms with van der Waals surface area (Å²) in [5, 5.41) is 17.6. The Kier molecular flexibility index (Phi) is 4.94. The molecule has 0 aliphatic heterocycles. The monoisotopic (exact) mass is 306 g/mol. The quantitative estimate of drug-likeness (QED) is 0.864. The molecule has 1 heterocycles. The summed E-state index contributed by atoms with van der Waals surface area (Å²) in [5.74, 6) is -1.28. The minimum Gasteiger partial charge on any atom is -0.550 e. The summed E-state index contributed by atoms with van der Waals surface area (Å²) < 4.78 is 1.66. The Morgan fingerprint density at radius 3 is 2.57 bits per heavy atom. The molecule has 7 heteroatoms. The van der Waals surface area contributed by atoms with Crippen molar-refractivity contribution in [1.29, 1.82) is 0 Å². The third-order valence-corrected chi connectivity index (χ3v) is 2.97. The number of nitrogens with zero attached hydrogens (tertiary/aromatic N) is 2. The average molecular weight is 307 g/mol. The molecule has 0 aliphatic rings. The van der Waals surface area contributed by atoms with Gasteiger partial charge in [0.05, 0.1) is 6.54 Å². The summed E-state index contributed by atoms with van der Waals surface area (Å²) >= 11 is 5.81. The SMILES string of the molecule is O=C([O-])CCC(=O)Nc1ccn(Cc2ccc(Cl)cc2)n1. The second-order valence-electron chi connectivity index (χ2n) is 4.45. The maximum absolute atomic E-state index is 11.5. The van der Waals surface area contributed by atoms with E-state index < -0.39 is 11.9 Å². The number of halogens is 1. The summed E-state index contributed by atoms with van der Waals surface area (Å²) in [6.07, 6.45) is 1.28. The van der Waals surface area contributed by atoms with Crippen LogP contribution in [0, 0.1) is 0 Å². The molecule has 0 unspecified atom stereocenters. The maximum atomic E-state index is 11.5. The largest absolute Gasteiger partial charge is 0.550 e. The summed E-state index contributed by atoms with van der Waals surface area (Å²) in [7, 11) is 0. The molecule has 0 spiro atoms. The van der Waals surface area contributed by atoms with Gasteiger partial charge in [0.25, 0.3) is 0 Å². The first kappa shape index (κ1) is 15.1. The first-order valence-electron chi connectivity index (χ1n) is 6.30. The van der Waals surface area contributed by atoms with Gasteiger partial charge in [-0.3, -0.25) is 9.48 Å². The average Bonchev–Trinajstić information content (AvgIpc) is 2.86.